The molecule has 2 aliphatic carbocycles. The number of methoxy groups -OCH3 is 1. The van der Waals surface area contributed by atoms with Gasteiger partial charge in [0.25, 0.3) is 0 Å². The Morgan fingerprint density at radius 3 is 2.62 bits per heavy atom. The van der Waals surface area contributed by atoms with Gasteiger partial charge in [0.15, 0.2) is 5.96 Å². The fourth-order valence-corrected chi connectivity index (χ4v) is 2.39. The van der Waals surface area contributed by atoms with Gasteiger partial charge in [0.1, 0.15) is 0 Å². The molecule has 2 rings (SSSR count). The molecule has 0 spiro atoms. The van der Waals surface area contributed by atoms with Crippen LogP contribution in [0.2, 0.25) is 0 Å². The lowest BCUT2D eigenvalue weighted by atomic mass is 9.69. The Labute approximate surface area is 97.6 Å². The van der Waals surface area contributed by atoms with E-state index >= 15 is 0 Å². The summed E-state index contributed by atoms with van der Waals surface area (Å²) in [6.07, 6.45) is 7.54. The summed E-state index contributed by atoms with van der Waals surface area (Å²) in [6, 6.07) is 0.573. The van der Waals surface area contributed by atoms with Crippen molar-refractivity contribution in [1.82, 2.24) is 5.32 Å². The number of rotatable bonds is 5. The molecule has 0 amide bonds. The molecule has 4 heteroatoms. The number of nitrogens with two attached hydrogens (primary N) is 1. The molecule has 0 aliphatic heterocycles. The molecule has 0 aromatic rings. The van der Waals surface area contributed by atoms with Crippen molar-refractivity contribution in [2.45, 2.75) is 44.6 Å². The van der Waals surface area contributed by atoms with Crippen LogP contribution in [0.4, 0.5) is 0 Å². The Hall–Kier alpha value is -0.770. The van der Waals surface area contributed by atoms with Crippen molar-refractivity contribution in [2.75, 3.05) is 20.3 Å². The topological polar surface area (TPSA) is 59.6 Å². The van der Waals surface area contributed by atoms with Gasteiger partial charge in [0.05, 0.1) is 13.2 Å². The second-order valence-electron chi connectivity index (χ2n) is 5.26. The second kappa shape index (κ2) is 5.04. The largest absolute Gasteiger partial charge is 0.384 e. The molecule has 0 heterocycles. The van der Waals surface area contributed by atoms with Crippen molar-refractivity contribution in [3.05, 3.63) is 0 Å². The van der Waals surface area contributed by atoms with Crippen LogP contribution in [0.3, 0.4) is 0 Å². The molecule has 0 unspecified atom stereocenters. The van der Waals surface area contributed by atoms with Crippen molar-refractivity contribution < 1.29 is 4.74 Å². The molecular formula is C12H23N3O. The van der Waals surface area contributed by atoms with Crippen LogP contribution in [0.1, 0.15) is 38.5 Å². The average Bonchev–Trinajstić information content (AvgIpc) is 2.16. The van der Waals surface area contributed by atoms with Gasteiger partial charge in [-0.05, 0) is 32.1 Å². The van der Waals surface area contributed by atoms with Gasteiger partial charge in [-0.25, -0.2) is 0 Å². The van der Waals surface area contributed by atoms with Crippen molar-refractivity contribution in [3.63, 3.8) is 0 Å². The standard InChI is InChI=1S/C12H23N3O/c1-16-9-12(6-3-7-12)8-14-11(13)15-10-4-2-5-10/h10H,2-9H2,1H3,(H3,13,14,15). The normalized spacial score (nSPS) is 24.7. The van der Waals surface area contributed by atoms with Crippen molar-refractivity contribution in [2.24, 2.45) is 16.1 Å². The van der Waals surface area contributed by atoms with E-state index in [0.29, 0.717) is 12.0 Å². The molecule has 92 valence electrons. The van der Waals surface area contributed by atoms with E-state index in [1.54, 1.807) is 7.11 Å². The minimum Gasteiger partial charge on any atom is -0.384 e. The molecule has 0 aromatic carbocycles. The molecule has 3 N–H and O–H groups in total. The molecule has 0 bridgehead atoms. The molecule has 2 fully saturated rings. The van der Waals surface area contributed by atoms with E-state index in [1.165, 1.54) is 38.5 Å². The third-order valence-corrected chi connectivity index (χ3v) is 3.91. The van der Waals surface area contributed by atoms with Crippen molar-refractivity contribution >= 4 is 5.96 Å². The number of nitrogens with one attached hydrogen (secondary N) is 1. The van der Waals surface area contributed by atoms with E-state index in [4.69, 9.17) is 10.5 Å². The van der Waals surface area contributed by atoms with Gasteiger partial charge in [-0.2, -0.15) is 0 Å². The fraction of sp³-hybridized carbons (Fsp3) is 0.917. The minimum atomic E-state index is 0.278. The fourth-order valence-electron chi connectivity index (χ4n) is 2.39. The van der Waals surface area contributed by atoms with Crippen LogP contribution in [0, 0.1) is 5.41 Å². The van der Waals surface area contributed by atoms with Gasteiger partial charge in [0, 0.05) is 18.6 Å². The predicted octanol–water partition coefficient (Wildman–Crippen LogP) is 1.26. The SMILES string of the molecule is COCC1(CN=C(N)NC2CCC2)CCC1. The zero-order valence-corrected chi connectivity index (χ0v) is 10.2. The van der Waals surface area contributed by atoms with E-state index in [0.717, 1.165) is 13.2 Å². The van der Waals surface area contributed by atoms with Gasteiger partial charge in [0.2, 0.25) is 0 Å². The highest BCUT2D eigenvalue weighted by Gasteiger charge is 2.36. The summed E-state index contributed by atoms with van der Waals surface area (Å²) in [7, 11) is 1.76. The zero-order chi connectivity index (χ0) is 11.4. The summed E-state index contributed by atoms with van der Waals surface area (Å²) in [6.45, 7) is 1.62. The molecule has 0 atom stereocenters. The monoisotopic (exact) mass is 225 g/mol. The average molecular weight is 225 g/mol. The van der Waals surface area contributed by atoms with E-state index in [-0.39, 0.29) is 5.41 Å². The van der Waals surface area contributed by atoms with Crippen molar-refractivity contribution in [3.8, 4) is 0 Å². The van der Waals surface area contributed by atoms with Gasteiger partial charge in [-0.15, -0.1) is 0 Å². The highest BCUT2D eigenvalue weighted by atomic mass is 16.5. The first-order chi connectivity index (χ1) is 7.74. The van der Waals surface area contributed by atoms with Crippen LogP contribution in [0.15, 0.2) is 4.99 Å². The summed E-state index contributed by atoms with van der Waals surface area (Å²) in [5.41, 5.74) is 6.14. The van der Waals surface area contributed by atoms with E-state index in [9.17, 15) is 0 Å². The maximum absolute atomic E-state index is 5.86. The highest BCUT2D eigenvalue weighted by Crippen LogP contribution is 2.41. The number of hydrogen-bond donors (Lipinski definition) is 2. The lowest BCUT2D eigenvalue weighted by Gasteiger charge is -2.40. The third-order valence-electron chi connectivity index (χ3n) is 3.91. The first kappa shape index (κ1) is 11.7. The van der Waals surface area contributed by atoms with Crippen LogP contribution in [-0.4, -0.2) is 32.3 Å². The highest BCUT2D eigenvalue weighted by molar-refractivity contribution is 5.78. The Morgan fingerprint density at radius 2 is 2.19 bits per heavy atom. The summed E-state index contributed by atoms with van der Waals surface area (Å²) in [4.78, 5) is 4.46. The maximum atomic E-state index is 5.86. The quantitative estimate of drug-likeness (QED) is 0.547. The molecule has 0 saturated heterocycles. The number of ether oxygens (including phenoxy) is 1. The number of guanidine groups is 1. The first-order valence-corrected chi connectivity index (χ1v) is 6.29. The Bertz CT molecular complexity index is 257. The smallest absolute Gasteiger partial charge is 0.188 e. The summed E-state index contributed by atoms with van der Waals surface area (Å²) in [5, 5.41) is 3.27. The molecule has 2 saturated carbocycles. The molecular weight excluding hydrogens is 202 g/mol. The summed E-state index contributed by atoms with van der Waals surface area (Å²) in [5.74, 6) is 0.618. The van der Waals surface area contributed by atoms with Gasteiger partial charge in [-0.3, -0.25) is 4.99 Å². The van der Waals surface area contributed by atoms with Gasteiger partial charge < -0.3 is 15.8 Å². The van der Waals surface area contributed by atoms with Crippen molar-refractivity contribution in [1.29, 1.82) is 0 Å². The number of hydrogen-bond acceptors (Lipinski definition) is 2. The van der Waals surface area contributed by atoms with Crippen LogP contribution in [0.5, 0.6) is 0 Å². The van der Waals surface area contributed by atoms with Gasteiger partial charge in [-0.1, -0.05) is 6.42 Å². The van der Waals surface area contributed by atoms with Crippen LogP contribution in [-0.2, 0) is 4.74 Å². The third kappa shape index (κ3) is 2.67. The molecule has 16 heavy (non-hydrogen) atoms. The Morgan fingerprint density at radius 1 is 1.44 bits per heavy atom. The predicted molar refractivity (Wildman–Crippen MR) is 65.4 cm³/mol. The molecule has 0 radical (unpaired) electrons. The molecule has 4 nitrogen and oxygen atoms in total. The number of aliphatic imine (C=N–C) groups is 1. The lowest BCUT2D eigenvalue weighted by Crippen LogP contribution is -2.45. The maximum Gasteiger partial charge on any atom is 0.188 e. The lowest BCUT2D eigenvalue weighted by molar-refractivity contribution is 0.0252. The second-order valence-corrected chi connectivity index (χ2v) is 5.26. The first-order valence-electron chi connectivity index (χ1n) is 6.29. The van der Waals surface area contributed by atoms with Gasteiger partial charge >= 0.3 is 0 Å². The van der Waals surface area contributed by atoms with E-state index < -0.39 is 0 Å². The summed E-state index contributed by atoms with van der Waals surface area (Å²) < 4.78 is 5.26. The number of nitrogens with zero attached hydrogens (tertiary/aromatic N) is 1. The summed E-state index contributed by atoms with van der Waals surface area (Å²) >= 11 is 0. The molecule has 2 aliphatic rings. The Kier molecular flexibility index (Phi) is 3.69. The van der Waals surface area contributed by atoms with Crippen LogP contribution < -0.4 is 11.1 Å². The Balaban J connectivity index is 1.76. The zero-order valence-electron chi connectivity index (χ0n) is 10.2. The van der Waals surface area contributed by atoms with Crippen LogP contribution >= 0.6 is 0 Å². The molecule has 0 aromatic heterocycles. The minimum absolute atomic E-state index is 0.278. The van der Waals surface area contributed by atoms with Crippen LogP contribution in [0.25, 0.3) is 0 Å². The van der Waals surface area contributed by atoms with E-state index in [2.05, 4.69) is 10.3 Å². The van der Waals surface area contributed by atoms with E-state index in [1.807, 2.05) is 0 Å².